The molecular weight excluding hydrogens is 280 g/mol. The third-order valence-corrected chi connectivity index (χ3v) is 3.81. The van der Waals surface area contributed by atoms with Gasteiger partial charge in [-0.2, -0.15) is 5.10 Å². The van der Waals surface area contributed by atoms with Crippen LogP contribution in [0.2, 0.25) is 0 Å². The van der Waals surface area contributed by atoms with Crippen LogP contribution in [0.25, 0.3) is 0 Å². The number of ether oxygens (including phenoxy) is 1. The molecule has 0 bridgehead atoms. The van der Waals surface area contributed by atoms with Crippen LogP contribution >= 0.6 is 0 Å². The van der Waals surface area contributed by atoms with Gasteiger partial charge in [-0.25, -0.2) is 0 Å². The Kier molecular flexibility index (Phi) is 4.98. The van der Waals surface area contributed by atoms with Gasteiger partial charge in [0.05, 0.1) is 12.2 Å². The Morgan fingerprint density at radius 1 is 1.36 bits per heavy atom. The summed E-state index contributed by atoms with van der Waals surface area (Å²) >= 11 is 0. The quantitative estimate of drug-likeness (QED) is 0.833. The highest BCUT2D eigenvalue weighted by molar-refractivity contribution is 5.94. The maximum Gasteiger partial charge on any atom is 0.159 e. The number of ketones is 1. The van der Waals surface area contributed by atoms with Gasteiger partial charge in [-0.3, -0.25) is 9.48 Å². The van der Waals surface area contributed by atoms with Crippen molar-refractivity contribution in [3.63, 3.8) is 0 Å². The van der Waals surface area contributed by atoms with Crippen LogP contribution in [0, 0.1) is 20.8 Å². The molecule has 118 valence electrons. The molecule has 1 N–H and O–H groups in total. The van der Waals surface area contributed by atoms with Gasteiger partial charge in [-0.1, -0.05) is 12.1 Å². The molecule has 1 atom stereocenters. The van der Waals surface area contributed by atoms with Gasteiger partial charge in [0.15, 0.2) is 5.78 Å². The van der Waals surface area contributed by atoms with Crippen molar-refractivity contribution in [2.24, 2.45) is 0 Å². The number of rotatable bonds is 6. The van der Waals surface area contributed by atoms with E-state index in [2.05, 4.69) is 5.10 Å². The lowest BCUT2D eigenvalue weighted by atomic mass is 10.1. The summed E-state index contributed by atoms with van der Waals surface area (Å²) < 4.78 is 7.36. The highest BCUT2D eigenvalue weighted by atomic mass is 16.5. The van der Waals surface area contributed by atoms with E-state index in [1.54, 1.807) is 28.9 Å². The molecule has 1 aromatic heterocycles. The summed E-state index contributed by atoms with van der Waals surface area (Å²) in [6.07, 6.45) is -0.668. The van der Waals surface area contributed by atoms with Gasteiger partial charge in [0.25, 0.3) is 0 Å². The fourth-order valence-corrected chi connectivity index (χ4v) is 2.21. The number of hydrogen-bond acceptors (Lipinski definition) is 4. The van der Waals surface area contributed by atoms with E-state index in [0.717, 1.165) is 17.0 Å². The number of Topliss-reactive ketones (excluding diaryl/α,β-unsaturated/α-hetero) is 1. The molecule has 0 aliphatic heterocycles. The fraction of sp³-hybridized carbons (Fsp3) is 0.412. The predicted molar refractivity (Wildman–Crippen MR) is 84.4 cm³/mol. The second kappa shape index (κ2) is 6.75. The standard InChI is InChI=1S/C17H22N2O3/c1-11-12(2)18-19(13(11)3)9-16(21)10-22-17-7-5-6-15(8-17)14(4)20/h5-8,16,21H,9-10H2,1-4H3. The first-order valence-corrected chi connectivity index (χ1v) is 7.31. The molecule has 0 aliphatic rings. The number of carbonyl (C=O) groups excluding carboxylic acids is 1. The van der Waals surface area contributed by atoms with Crippen molar-refractivity contribution in [3.8, 4) is 5.75 Å². The Morgan fingerprint density at radius 3 is 2.68 bits per heavy atom. The average Bonchev–Trinajstić information content (AvgIpc) is 2.73. The molecule has 0 fully saturated rings. The topological polar surface area (TPSA) is 64.3 Å². The summed E-state index contributed by atoms with van der Waals surface area (Å²) in [6, 6.07) is 6.96. The minimum atomic E-state index is -0.668. The minimum absolute atomic E-state index is 0.0101. The fourth-order valence-electron chi connectivity index (χ4n) is 2.21. The smallest absolute Gasteiger partial charge is 0.159 e. The molecule has 1 aromatic carbocycles. The second-order valence-corrected chi connectivity index (χ2v) is 5.53. The predicted octanol–water partition coefficient (Wildman–Crippen LogP) is 2.45. The molecular formula is C17H22N2O3. The van der Waals surface area contributed by atoms with Crippen molar-refractivity contribution in [1.82, 2.24) is 9.78 Å². The van der Waals surface area contributed by atoms with E-state index in [1.807, 2.05) is 20.8 Å². The Morgan fingerprint density at radius 2 is 2.09 bits per heavy atom. The minimum Gasteiger partial charge on any atom is -0.491 e. The lowest BCUT2D eigenvalue weighted by molar-refractivity contribution is 0.0886. The van der Waals surface area contributed by atoms with E-state index >= 15 is 0 Å². The van der Waals surface area contributed by atoms with Crippen LogP contribution in [0.15, 0.2) is 24.3 Å². The summed E-state index contributed by atoms with van der Waals surface area (Å²) in [4.78, 5) is 11.3. The first-order chi connectivity index (χ1) is 10.4. The van der Waals surface area contributed by atoms with E-state index in [1.165, 1.54) is 6.92 Å². The van der Waals surface area contributed by atoms with Gasteiger partial charge in [0.1, 0.15) is 18.5 Å². The van der Waals surface area contributed by atoms with Gasteiger partial charge in [-0.05, 0) is 45.4 Å². The second-order valence-electron chi connectivity index (χ2n) is 5.53. The molecule has 5 nitrogen and oxygen atoms in total. The number of aliphatic hydroxyl groups is 1. The SMILES string of the molecule is CC(=O)c1cccc(OCC(O)Cn2nc(C)c(C)c2C)c1. The lowest BCUT2D eigenvalue weighted by Crippen LogP contribution is -2.24. The third kappa shape index (κ3) is 3.74. The number of aromatic nitrogens is 2. The van der Waals surface area contributed by atoms with Crippen LogP contribution < -0.4 is 4.74 Å². The molecule has 2 rings (SSSR count). The Bertz CT molecular complexity index is 677. The first-order valence-electron chi connectivity index (χ1n) is 7.31. The molecule has 0 spiro atoms. The summed E-state index contributed by atoms with van der Waals surface area (Å²) in [5.41, 5.74) is 3.76. The molecule has 0 saturated carbocycles. The number of aryl methyl sites for hydroxylation is 1. The Hall–Kier alpha value is -2.14. The van der Waals surface area contributed by atoms with Crippen molar-refractivity contribution >= 4 is 5.78 Å². The molecule has 0 amide bonds. The zero-order chi connectivity index (χ0) is 16.3. The molecule has 5 heteroatoms. The maximum atomic E-state index is 11.3. The van der Waals surface area contributed by atoms with E-state index in [4.69, 9.17) is 4.74 Å². The lowest BCUT2D eigenvalue weighted by Gasteiger charge is -2.14. The third-order valence-electron chi connectivity index (χ3n) is 3.81. The zero-order valence-electron chi connectivity index (χ0n) is 13.5. The maximum absolute atomic E-state index is 11.3. The van der Waals surface area contributed by atoms with Crippen molar-refractivity contribution in [2.75, 3.05) is 6.61 Å². The number of aliphatic hydroxyl groups excluding tert-OH is 1. The van der Waals surface area contributed by atoms with Crippen LogP contribution in [-0.4, -0.2) is 33.4 Å². The van der Waals surface area contributed by atoms with Crippen LogP contribution in [0.1, 0.15) is 34.2 Å². The van der Waals surface area contributed by atoms with E-state index in [0.29, 0.717) is 17.9 Å². The van der Waals surface area contributed by atoms with E-state index in [-0.39, 0.29) is 12.4 Å². The number of hydrogen-bond donors (Lipinski definition) is 1. The van der Waals surface area contributed by atoms with Gasteiger partial charge >= 0.3 is 0 Å². The van der Waals surface area contributed by atoms with Crippen LogP contribution in [0.4, 0.5) is 0 Å². The molecule has 0 radical (unpaired) electrons. The van der Waals surface area contributed by atoms with Crippen LogP contribution in [-0.2, 0) is 6.54 Å². The molecule has 0 saturated heterocycles. The molecule has 1 unspecified atom stereocenters. The summed E-state index contributed by atoms with van der Waals surface area (Å²) in [7, 11) is 0. The number of carbonyl (C=O) groups is 1. The van der Waals surface area contributed by atoms with Gasteiger partial charge in [0, 0.05) is 11.3 Å². The number of nitrogens with zero attached hydrogens (tertiary/aromatic N) is 2. The van der Waals surface area contributed by atoms with Gasteiger partial charge in [0.2, 0.25) is 0 Å². The Labute approximate surface area is 130 Å². The zero-order valence-corrected chi connectivity index (χ0v) is 13.5. The monoisotopic (exact) mass is 302 g/mol. The van der Waals surface area contributed by atoms with E-state index < -0.39 is 6.10 Å². The largest absolute Gasteiger partial charge is 0.491 e. The van der Waals surface area contributed by atoms with E-state index in [9.17, 15) is 9.90 Å². The molecule has 1 heterocycles. The summed E-state index contributed by atoms with van der Waals surface area (Å²) in [5, 5.41) is 14.5. The summed E-state index contributed by atoms with van der Waals surface area (Å²) in [5.74, 6) is 0.570. The van der Waals surface area contributed by atoms with Crippen molar-refractivity contribution < 1.29 is 14.6 Å². The summed E-state index contributed by atoms with van der Waals surface area (Å²) in [6.45, 7) is 8.00. The first kappa shape index (κ1) is 16.2. The van der Waals surface area contributed by atoms with Gasteiger partial charge in [-0.15, -0.1) is 0 Å². The van der Waals surface area contributed by atoms with Crippen molar-refractivity contribution in [3.05, 3.63) is 46.8 Å². The van der Waals surface area contributed by atoms with Crippen LogP contribution in [0.3, 0.4) is 0 Å². The van der Waals surface area contributed by atoms with Crippen LogP contribution in [0.5, 0.6) is 5.75 Å². The molecule has 0 aliphatic carbocycles. The highest BCUT2D eigenvalue weighted by Gasteiger charge is 2.12. The molecule has 22 heavy (non-hydrogen) atoms. The Balaban J connectivity index is 1.95. The number of benzene rings is 1. The molecule has 2 aromatic rings. The normalized spacial score (nSPS) is 12.2. The van der Waals surface area contributed by atoms with Crippen molar-refractivity contribution in [1.29, 1.82) is 0 Å². The van der Waals surface area contributed by atoms with Crippen molar-refractivity contribution in [2.45, 2.75) is 40.3 Å². The highest BCUT2D eigenvalue weighted by Crippen LogP contribution is 2.15. The van der Waals surface area contributed by atoms with Gasteiger partial charge < -0.3 is 9.84 Å². The average molecular weight is 302 g/mol.